The Morgan fingerprint density at radius 2 is 1.33 bits per heavy atom. The van der Waals surface area contributed by atoms with Gasteiger partial charge in [-0.05, 0) is 0 Å². The van der Waals surface area contributed by atoms with Crippen molar-refractivity contribution in [2.75, 3.05) is 13.2 Å². The van der Waals surface area contributed by atoms with E-state index in [0.29, 0.717) is 13.2 Å². The Balaban J connectivity index is 0.000000640. The summed E-state index contributed by atoms with van der Waals surface area (Å²) in [7, 11) is 16.5. The molecule has 1 aliphatic rings. The Kier molecular flexibility index (Phi) is 3.37. The second-order valence-corrected chi connectivity index (χ2v) is 22.5. The van der Waals surface area contributed by atoms with Gasteiger partial charge in [0.25, 0.3) is 0 Å². The van der Waals surface area contributed by atoms with Gasteiger partial charge in [0.1, 0.15) is 0 Å². The minimum Gasteiger partial charge on any atom is -0.344 e. The number of halogens is 3. The molecule has 7 heteroatoms. The van der Waals surface area contributed by atoms with E-state index in [-0.39, 0.29) is 6.15 Å². The topological polar surface area (TPSA) is 53.5 Å². The van der Waals surface area contributed by atoms with Crippen molar-refractivity contribution in [3.05, 3.63) is 0 Å². The van der Waals surface area contributed by atoms with Crippen LogP contribution in [0, 0.1) is 0 Å². The third-order valence-corrected chi connectivity index (χ3v) is 7.91. The van der Waals surface area contributed by atoms with Crippen LogP contribution < -0.4 is 6.15 Å². The van der Waals surface area contributed by atoms with E-state index in [1.54, 1.807) is 0 Å². The van der Waals surface area contributed by atoms with Crippen LogP contribution in [0.1, 0.15) is 0 Å². The van der Waals surface area contributed by atoms with Crippen molar-refractivity contribution in [3.63, 3.8) is 0 Å². The van der Waals surface area contributed by atoms with Crippen LogP contribution in [0.25, 0.3) is 0 Å². The molecule has 0 amide bonds. The van der Waals surface area contributed by atoms with Crippen LogP contribution in [0.4, 0.5) is 0 Å². The summed E-state index contributed by atoms with van der Waals surface area (Å²) in [6.07, 6.45) is 0. The maximum atomic E-state index is 5.51. The average Bonchev–Trinajstić information content (AvgIpc) is 1.81. The molecule has 3 nitrogen and oxygen atoms in total. The van der Waals surface area contributed by atoms with Crippen LogP contribution in [-0.2, 0) is 6.20 Å². The molecule has 1 aliphatic heterocycles. The summed E-state index contributed by atoms with van der Waals surface area (Å²) >= 11 is -4.28. The van der Waals surface area contributed by atoms with Crippen LogP contribution in [0.3, 0.4) is 0 Å². The first-order valence-electron chi connectivity index (χ1n) is 1.95. The molecular formula is C2H8Cl3NO2Te. The second-order valence-electron chi connectivity index (χ2n) is 1.35. The van der Waals surface area contributed by atoms with Gasteiger partial charge in [0.05, 0.1) is 0 Å². The van der Waals surface area contributed by atoms with Crippen LogP contribution in [0.5, 0.6) is 0 Å². The SMILES string of the molecule is Cl[TeH]1(Cl)(Cl)OCCO1.N. The van der Waals surface area contributed by atoms with Gasteiger partial charge in [0.15, 0.2) is 0 Å². The van der Waals surface area contributed by atoms with Crippen LogP contribution in [0.2, 0.25) is 0 Å². The molecule has 0 unspecified atom stereocenters. The van der Waals surface area contributed by atoms with Crippen molar-refractivity contribution in [2.45, 2.75) is 0 Å². The van der Waals surface area contributed by atoms with E-state index in [1.165, 1.54) is 0 Å². The molecule has 1 fully saturated rings. The van der Waals surface area contributed by atoms with E-state index in [0.717, 1.165) is 0 Å². The molecule has 0 spiro atoms. The van der Waals surface area contributed by atoms with Crippen molar-refractivity contribution < 1.29 is 6.20 Å². The van der Waals surface area contributed by atoms with Gasteiger partial charge in [-0.1, -0.05) is 0 Å². The smallest absolute Gasteiger partial charge is 0.344 e. The van der Waals surface area contributed by atoms with Gasteiger partial charge in [-0.15, -0.1) is 0 Å². The fourth-order valence-electron chi connectivity index (χ4n) is 0.393. The first-order chi connectivity index (χ1) is 3.47. The van der Waals surface area contributed by atoms with Crippen LogP contribution >= 0.6 is 26.9 Å². The summed E-state index contributed by atoms with van der Waals surface area (Å²) in [6.45, 7) is 0.830. The fourth-order valence-corrected chi connectivity index (χ4v) is 5.42. The first-order valence-corrected chi connectivity index (χ1v) is 13.7. The predicted molar refractivity (Wildman–Crippen MR) is 41.6 cm³/mol. The zero-order valence-corrected chi connectivity index (χ0v) is 9.34. The maximum Gasteiger partial charge on any atom is -0.344 e. The Hall–Kier alpha value is 1.54. The summed E-state index contributed by atoms with van der Waals surface area (Å²) in [6, 6.07) is 0. The Morgan fingerprint density at radius 3 is 1.44 bits per heavy atom. The molecule has 0 aromatic rings. The molecule has 1 heterocycles. The summed E-state index contributed by atoms with van der Waals surface area (Å²) in [5.74, 6) is 0. The largest absolute Gasteiger partial charge is 0.344 e. The van der Waals surface area contributed by atoms with E-state index in [9.17, 15) is 0 Å². The molecule has 0 radical (unpaired) electrons. The summed E-state index contributed by atoms with van der Waals surface area (Å²) in [5, 5.41) is 0. The third kappa shape index (κ3) is 3.45. The third-order valence-electron chi connectivity index (χ3n) is 0.664. The quantitative estimate of drug-likeness (QED) is 0.690. The molecule has 0 aliphatic carbocycles. The minimum atomic E-state index is -4.28. The van der Waals surface area contributed by atoms with Crippen molar-refractivity contribution >= 4 is 41.2 Å². The maximum absolute atomic E-state index is 5.51. The number of hydrogen-bond acceptors (Lipinski definition) is 3. The van der Waals surface area contributed by atoms with E-state index in [1.807, 2.05) is 0 Å². The molecule has 60 valence electrons. The van der Waals surface area contributed by atoms with Gasteiger partial charge < -0.3 is 6.15 Å². The average molecular weight is 312 g/mol. The molecule has 1 saturated heterocycles. The summed E-state index contributed by atoms with van der Waals surface area (Å²) in [5.41, 5.74) is 0. The fraction of sp³-hybridized carbons (Fsp3) is 1.00. The standard InChI is InChI=1S/C2H5Cl3O2Te.H3N/c3-8(4,5)6-1-2-7-8;/h8H,1-2H2;1H3. The second kappa shape index (κ2) is 2.88. The number of rotatable bonds is 0. The molecule has 0 aromatic carbocycles. The van der Waals surface area contributed by atoms with Gasteiger partial charge in [0, 0.05) is 0 Å². The van der Waals surface area contributed by atoms with Crippen molar-refractivity contribution in [3.8, 4) is 0 Å². The van der Waals surface area contributed by atoms with Crippen molar-refractivity contribution in [2.24, 2.45) is 0 Å². The minimum absolute atomic E-state index is 0. The first kappa shape index (κ1) is 10.5. The normalized spacial score (nSPS) is 33.9. The van der Waals surface area contributed by atoms with E-state index in [4.69, 9.17) is 33.1 Å². The van der Waals surface area contributed by atoms with Gasteiger partial charge in [-0.3, -0.25) is 0 Å². The van der Waals surface area contributed by atoms with E-state index >= 15 is 0 Å². The van der Waals surface area contributed by atoms with Crippen molar-refractivity contribution in [1.82, 2.24) is 6.15 Å². The Bertz CT molecular complexity index is 102. The zero-order chi connectivity index (χ0) is 6.28. The molecule has 1 rings (SSSR count). The molecular weight excluding hydrogens is 304 g/mol. The van der Waals surface area contributed by atoms with Gasteiger partial charge >= 0.3 is 60.6 Å². The van der Waals surface area contributed by atoms with E-state index < -0.39 is 14.3 Å². The molecule has 0 saturated carbocycles. The number of hydrogen-bond donors (Lipinski definition) is 1. The van der Waals surface area contributed by atoms with Crippen molar-refractivity contribution in [1.29, 1.82) is 0 Å². The van der Waals surface area contributed by atoms with E-state index in [2.05, 4.69) is 0 Å². The van der Waals surface area contributed by atoms with Crippen LogP contribution in [0.15, 0.2) is 0 Å². The Labute approximate surface area is 66.4 Å². The molecule has 3 N–H and O–H groups in total. The molecule has 0 bridgehead atoms. The van der Waals surface area contributed by atoms with Crippen LogP contribution in [-0.4, -0.2) is 27.5 Å². The zero-order valence-electron chi connectivity index (χ0n) is 4.52. The molecule has 9 heavy (non-hydrogen) atoms. The summed E-state index contributed by atoms with van der Waals surface area (Å²) in [4.78, 5) is 0. The Morgan fingerprint density at radius 1 is 1.00 bits per heavy atom. The van der Waals surface area contributed by atoms with Gasteiger partial charge in [-0.2, -0.15) is 0 Å². The van der Waals surface area contributed by atoms with Gasteiger partial charge in [0.2, 0.25) is 0 Å². The molecule has 0 aromatic heterocycles. The predicted octanol–water partition coefficient (Wildman–Crippen LogP) is 1.53. The van der Waals surface area contributed by atoms with Gasteiger partial charge in [-0.25, -0.2) is 0 Å². The monoisotopic (exact) mass is 313 g/mol. The summed E-state index contributed by atoms with van der Waals surface area (Å²) < 4.78 is 9.61. The molecule has 0 atom stereocenters.